The molecule has 7 rings (SSSR count). The Bertz CT molecular complexity index is 2260. The molecule has 2 aliphatic rings. The fourth-order valence-corrected chi connectivity index (χ4v) is 7.48. The molecule has 0 saturated heterocycles. The number of hydrogen-bond acceptors (Lipinski definition) is 5. The Labute approximate surface area is 352 Å². The first-order valence-electron chi connectivity index (χ1n) is 19.4. The second kappa shape index (κ2) is 19.2. The van der Waals surface area contributed by atoms with Gasteiger partial charge in [0.1, 0.15) is 28.4 Å². The van der Waals surface area contributed by atoms with Gasteiger partial charge in [0.2, 0.25) is 6.10 Å². The first-order chi connectivity index (χ1) is 28.2. The lowest BCUT2D eigenvalue weighted by molar-refractivity contribution is -0.149. The number of hydrogen-bond donors (Lipinski definition) is 0. The van der Waals surface area contributed by atoms with Crippen LogP contribution in [0.2, 0.25) is 5.02 Å². The fourth-order valence-electron chi connectivity index (χ4n) is 7.22. The van der Waals surface area contributed by atoms with Crippen molar-refractivity contribution < 1.29 is 36.6 Å². The maximum atomic E-state index is 14.1. The summed E-state index contributed by atoms with van der Waals surface area (Å²) in [6.45, 7) is 3.30. The van der Waals surface area contributed by atoms with Gasteiger partial charge >= 0.3 is 12.1 Å². The molecule has 59 heavy (non-hydrogen) atoms. The first kappa shape index (κ1) is 43.3. The van der Waals surface area contributed by atoms with Gasteiger partial charge in [-0.05, 0) is 127 Å². The summed E-state index contributed by atoms with van der Waals surface area (Å²) in [5, 5.41) is 9.02. The topological polar surface area (TPSA) is 68.6 Å². The van der Waals surface area contributed by atoms with Crippen molar-refractivity contribution in [2.75, 3.05) is 0 Å². The average molecular weight is 845 g/mol. The first-order valence-corrected chi connectivity index (χ1v) is 20.1. The van der Waals surface area contributed by atoms with Crippen molar-refractivity contribution in [1.82, 2.24) is 0 Å². The summed E-state index contributed by atoms with van der Waals surface area (Å²) < 4.78 is 69.1. The van der Waals surface area contributed by atoms with Gasteiger partial charge in [-0.1, -0.05) is 110 Å². The van der Waals surface area contributed by atoms with E-state index in [0.717, 1.165) is 41.8 Å². The van der Waals surface area contributed by atoms with Crippen LogP contribution in [0.4, 0.5) is 17.6 Å². The van der Waals surface area contributed by atoms with E-state index in [1.807, 2.05) is 78.9 Å². The summed E-state index contributed by atoms with van der Waals surface area (Å²) in [4.78, 5) is 12.6. The van der Waals surface area contributed by atoms with Crippen molar-refractivity contribution in [2.24, 2.45) is 23.2 Å². The number of nitriles is 1. The zero-order valence-corrected chi connectivity index (χ0v) is 34.0. The van der Waals surface area contributed by atoms with Gasteiger partial charge in [-0.15, -0.1) is 0 Å². The molecule has 4 unspecified atom stereocenters. The molecule has 5 nitrogen and oxygen atoms in total. The summed E-state index contributed by atoms with van der Waals surface area (Å²) in [7, 11) is 0. The van der Waals surface area contributed by atoms with Crippen LogP contribution in [0.25, 0.3) is 0 Å². The molecule has 0 aromatic heterocycles. The highest BCUT2D eigenvalue weighted by Gasteiger charge is 2.62. The molecule has 11 heteroatoms. The number of carbonyl (C=O) groups excluding carboxylic acids is 1. The third kappa shape index (κ3) is 11.9. The zero-order valence-electron chi connectivity index (χ0n) is 32.5. The van der Waals surface area contributed by atoms with E-state index in [1.54, 1.807) is 50.2 Å². The summed E-state index contributed by atoms with van der Waals surface area (Å²) in [6, 6.07) is 40.3. The van der Waals surface area contributed by atoms with Crippen molar-refractivity contribution in [1.29, 1.82) is 5.26 Å². The number of ether oxygens (including phenoxy) is 3. The lowest BCUT2D eigenvalue weighted by atomic mass is 9.88. The molecule has 5 aromatic rings. The van der Waals surface area contributed by atoms with Crippen molar-refractivity contribution in [3.63, 3.8) is 0 Å². The maximum absolute atomic E-state index is 14.1. The minimum absolute atomic E-state index is 0.292. The van der Waals surface area contributed by atoms with Crippen LogP contribution in [0.3, 0.4) is 0 Å². The molecule has 0 amide bonds. The zero-order chi connectivity index (χ0) is 42.2. The number of benzene rings is 5. The van der Waals surface area contributed by atoms with E-state index in [4.69, 9.17) is 37.4 Å². The van der Waals surface area contributed by atoms with E-state index in [2.05, 4.69) is 12.1 Å². The number of alkyl halides is 3. The average Bonchev–Trinajstić information content (AvgIpc) is 4.14. The molecule has 0 aliphatic heterocycles. The largest absolute Gasteiger partial charge is 0.457 e. The molecule has 2 fully saturated rings. The number of allylic oxidation sites excluding steroid dienone is 2. The molecule has 0 spiro atoms. The monoisotopic (exact) mass is 843 g/mol. The number of aryl methyl sites for hydroxylation is 1. The molecule has 2 aliphatic carbocycles. The Balaban J connectivity index is 0.000000199. The fraction of sp³-hybridized carbons (Fsp3) is 0.292. The predicted octanol–water partition coefficient (Wildman–Crippen LogP) is 14.3. The molecule has 2 saturated carbocycles. The maximum Gasteiger partial charge on any atom is 0.426 e. The molecular weight excluding hydrogens is 801 g/mol. The predicted molar refractivity (Wildman–Crippen MR) is 221 cm³/mol. The standard InChI is InChI=1S/C25H24ClFO.C23H19ClF3NO3/c26-21-14-12-20(13-15-21)23(19-10-11-19)8-4-5-18-9-16-24(27)25(17-18)28-22-6-2-1-3-7-22;1-22(2)17(12-19(24)23(25,26)27)20(22)21(29)31-18(13-28)14-7-6-10-16(11-14)30-15-8-4-3-5-9-15/h1-3,6-7,9,12-17,19,23H,4-5,8,10-11H2;3-12,17-18,20H,1-2H3/b;19-12-. The number of rotatable bonds is 14. The molecular formula is C48H43Cl2F4NO4. The van der Waals surface area contributed by atoms with Crippen LogP contribution in [0.1, 0.15) is 68.2 Å². The van der Waals surface area contributed by atoms with Crippen molar-refractivity contribution in [3.8, 4) is 29.1 Å². The summed E-state index contributed by atoms with van der Waals surface area (Å²) in [6.07, 6.45) is 0.691. The van der Waals surface area contributed by atoms with E-state index in [0.29, 0.717) is 34.5 Å². The minimum Gasteiger partial charge on any atom is -0.457 e. The summed E-state index contributed by atoms with van der Waals surface area (Å²) in [5.74, 6) is 0.734. The Morgan fingerprint density at radius 2 is 1.47 bits per heavy atom. The Hall–Kier alpha value is -5.30. The number of para-hydroxylation sites is 2. The van der Waals surface area contributed by atoms with E-state index in [-0.39, 0.29) is 5.82 Å². The third-order valence-corrected chi connectivity index (χ3v) is 11.3. The number of nitrogens with zero attached hydrogens (tertiary/aromatic N) is 1. The molecule has 4 atom stereocenters. The van der Waals surface area contributed by atoms with Gasteiger partial charge < -0.3 is 14.2 Å². The SMILES string of the molecule is CC1(C)C(/C=C(\Cl)C(F)(F)F)C1C(=O)OC(C#N)c1cccc(Oc2ccccc2)c1.Fc1ccc(CCCC(c2ccc(Cl)cc2)C2CC2)cc1Oc1ccccc1. The highest BCUT2D eigenvalue weighted by atomic mass is 35.5. The van der Waals surface area contributed by atoms with Crippen LogP contribution in [0, 0.1) is 40.3 Å². The Morgan fingerprint density at radius 1 is 0.847 bits per heavy atom. The van der Waals surface area contributed by atoms with Gasteiger partial charge in [0, 0.05) is 10.6 Å². The van der Waals surface area contributed by atoms with Crippen LogP contribution in [0.5, 0.6) is 23.0 Å². The smallest absolute Gasteiger partial charge is 0.426 e. The van der Waals surface area contributed by atoms with Gasteiger partial charge in [0.25, 0.3) is 0 Å². The minimum atomic E-state index is -4.68. The molecule has 306 valence electrons. The van der Waals surface area contributed by atoms with Gasteiger partial charge in [-0.3, -0.25) is 4.79 Å². The van der Waals surface area contributed by atoms with Gasteiger partial charge in [-0.25, -0.2) is 4.39 Å². The van der Waals surface area contributed by atoms with Crippen LogP contribution in [-0.4, -0.2) is 12.1 Å². The van der Waals surface area contributed by atoms with E-state index >= 15 is 0 Å². The van der Waals surface area contributed by atoms with Gasteiger partial charge in [0.15, 0.2) is 11.6 Å². The molecule has 0 N–H and O–H groups in total. The number of esters is 1. The van der Waals surface area contributed by atoms with E-state index in [9.17, 15) is 27.6 Å². The molecule has 0 heterocycles. The van der Waals surface area contributed by atoms with Crippen LogP contribution in [-0.2, 0) is 16.0 Å². The normalized spacial score (nSPS) is 18.0. The second-order valence-electron chi connectivity index (χ2n) is 15.3. The third-order valence-electron chi connectivity index (χ3n) is 10.7. The van der Waals surface area contributed by atoms with Gasteiger partial charge in [0.05, 0.1) is 5.92 Å². The van der Waals surface area contributed by atoms with Crippen LogP contribution in [0.15, 0.2) is 139 Å². The molecule has 0 radical (unpaired) electrons. The Morgan fingerprint density at radius 3 is 2.08 bits per heavy atom. The lowest BCUT2D eigenvalue weighted by Gasteiger charge is -2.17. The summed E-state index contributed by atoms with van der Waals surface area (Å²) >= 11 is 11.4. The van der Waals surface area contributed by atoms with Gasteiger partial charge in [-0.2, -0.15) is 18.4 Å². The Kier molecular flexibility index (Phi) is 14.1. The quantitative estimate of drug-likeness (QED) is 0.0823. The molecule has 0 bridgehead atoms. The van der Waals surface area contributed by atoms with E-state index in [1.165, 1.54) is 24.5 Å². The van der Waals surface area contributed by atoms with Crippen LogP contribution < -0.4 is 9.47 Å². The van der Waals surface area contributed by atoms with Crippen molar-refractivity contribution in [3.05, 3.63) is 166 Å². The van der Waals surface area contributed by atoms with E-state index < -0.39 is 40.5 Å². The van der Waals surface area contributed by atoms with Crippen LogP contribution >= 0.6 is 23.2 Å². The number of halogens is 6. The van der Waals surface area contributed by atoms with Crippen molar-refractivity contribution in [2.45, 2.75) is 64.1 Å². The second-order valence-corrected chi connectivity index (χ2v) is 16.2. The molecule has 5 aromatic carbocycles. The summed E-state index contributed by atoms with van der Waals surface area (Å²) in [5.41, 5.74) is 2.13. The highest BCUT2D eigenvalue weighted by molar-refractivity contribution is 6.30. The number of carbonyl (C=O) groups is 1. The van der Waals surface area contributed by atoms with Crippen molar-refractivity contribution >= 4 is 29.2 Å². The highest BCUT2D eigenvalue weighted by Crippen LogP contribution is 2.61. The lowest BCUT2D eigenvalue weighted by Crippen LogP contribution is -2.14.